The third-order valence-corrected chi connectivity index (χ3v) is 5.07. The molecular weight excluding hydrogens is 366 g/mol. The second-order valence-corrected chi connectivity index (χ2v) is 7.16. The summed E-state index contributed by atoms with van der Waals surface area (Å²) < 4.78 is 5.38. The van der Waals surface area contributed by atoms with E-state index in [1.54, 1.807) is 12.1 Å². The number of carbonyl (C=O) groups is 2. The minimum Gasteiger partial charge on any atom is -0.481 e. The van der Waals surface area contributed by atoms with Crippen LogP contribution in [0, 0.1) is 12.8 Å². The Labute approximate surface area is 172 Å². The highest BCUT2D eigenvalue weighted by molar-refractivity contribution is 5.95. The molecule has 0 fully saturated rings. The lowest BCUT2D eigenvalue weighted by Gasteiger charge is -2.18. The molecule has 5 nitrogen and oxygen atoms in total. The van der Waals surface area contributed by atoms with Crippen molar-refractivity contribution in [3.8, 4) is 5.75 Å². The summed E-state index contributed by atoms with van der Waals surface area (Å²) in [4.78, 5) is 22.4. The van der Waals surface area contributed by atoms with Gasteiger partial charge in [0.15, 0.2) is 6.61 Å². The van der Waals surface area contributed by atoms with E-state index < -0.39 is 12.6 Å². The van der Waals surface area contributed by atoms with Crippen molar-refractivity contribution in [1.29, 1.82) is 0 Å². The Bertz CT molecular complexity index is 887. The second kappa shape index (κ2) is 10.5. The molecule has 29 heavy (non-hydrogen) atoms. The van der Waals surface area contributed by atoms with Gasteiger partial charge in [-0.15, -0.1) is 0 Å². The first kappa shape index (κ1) is 22.2. The molecule has 5 heteroatoms. The van der Waals surface area contributed by atoms with Gasteiger partial charge in [-0.3, -0.25) is 4.79 Å². The van der Waals surface area contributed by atoms with Crippen LogP contribution < -0.4 is 10.5 Å². The molecule has 0 aliphatic heterocycles. The molecule has 2 aromatic carbocycles. The van der Waals surface area contributed by atoms with Crippen LogP contribution in [0.25, 0.3) is 5.57 Å². The Morgan fingerprint density at radius 1 is 1.10 bits per heavy atom. The molecule has 1 aliphatic rings. The van der Waals surface area contributed by atoms with E-state index >= 15 is 0 Å². The minimum atomic E-state index is -1.04. The third-order valence-electron chi connectivity index (χ3n) is 5.07. The average molecular weight is 395 g/mol. The number of carbonyl (C=O) groups excluding carboxylic acids is 1. The molecule has 1 amide bonds. The number of carboxylic acid groups (broad SMARTS) is 1. The van der Waals surface area contributed by atoms with E-state index in [0.29, 0.717) is 12.2 Å². The number of nitrogens with two attached hydrogens (primary N) is 1. The molecule has 0 aromatic heterocycles. The van der Waals surface area contributed by atoms with E-state index in [4.69, 9.17) is 15.6 Å². The highest BCUT2D eigenvalue weighted by Gasteiger charge is 2.31. The van der Waals surface area contributed by atoms with Crippen molar-refractivity contribution in [2.75, 3.05) is 6.61 Å². The van der Waals surface area contributed by atoms with Crippen molar-refractivity contribution in [3.63, 3.8) is 0 Å². The van der Waals surface area contributed by atoms with Crippen molar-refractivity contribution in [2.45, 2.75) is 40.0 Å². The zero-order chi connectivity index (χ0) is 21.4. The summed E-state index contributed by atoms with van der Waals surface area (Å²) in [7, 11) is 0. The summed E-state index contributed by atoms with van der Waals surface area (Å²) in [6.07, 6.45) is 2.65. The number of ether oxygens (including phenoxy) is 1. The zero-order valence-corrected chi connectivity index (χ0v) is 17.3. The van der Waals surface area contributed by atoms with Gasteiger partial charge in [0.2, 0.25) is 5.91 Å². The number of benzene rings is 2. The van der Waals surface area contributed by atoms with Gasteiger partial charge in [-0.1, -0.05) is 55.0 Å². The van der Waals surface area contributed by atoms with Gasteiger partial charge in [0.1, 0.15) is 5.75 Å². The van der Waals surface area contributed by atoms with Gasteiger partial charge in [-0.05, 0) is 55.9 Å². The standard InChI is InChI=1S/C16H19NO4.C8H10/c1-9-4-3-5-12(21-8-13(18)19)15(9)14-10(2)6-7-11(14)16(17)20;1-2-8-6-4-3-5-7-8/h3-5,11H,6-8H2,1-2H3,(H2,17,20)(H,18,19);3-7H,2H2,1H3. The fraction of sp³-hybridized carbons (Fsp3) is 0.333. The first-order valence-corrected chi connectivity index (χ1v) is 9.82. The molecular formula is C24H29NO4. The molecule has 0 saturated heterocycles. The lowest BCUT2D eigenvalue weighted by Crippen LogP contribution is -2.23. The minimum absolute atomic E-state index is 0.335. The van der Waals surface area contributed by atoms with Crippen LogP contribution in [-0.2, 0) is 16.0 Å². The normalized spacial score (nSPS) is 15.5. The molecule has 3 rings (SSSR count). The maximum atomic E-state index is 11.7. The number of primary amides is 1. The zero-order valence-electron chi connectivity index (χ0n) is 17.3. The van der Waals surface area contributed by atoms with E-state index in [-0.39, 0.29) is 11.8 Å². The smallest absolute Gasteiger partial charge is 0.341 e. The molecule has 0 saturated carbocycles. The van der Waals surface area contributed by atoms with Crippen LogP contribution in [0.4, 0.5) is 0 Å². The number of amides is 1. The average Bonchev–Trinajstić information content (AvgIpc) is 3.09. The molecule has 0 bridgehead atoms. The van der Waals surface area contributed by atoms with Crippen molar-refractivity contribution in [3.05, 3.63) is 70.8 Å². The van der Waals surface area contributed by atoms with Crippen LogP contribution in [0.1, 0.15) is 43.4 Å². The number of carboxylic acids is 1. The van der Waals surface area contributed by atoms with Gasteiger partial charge in [0.05, 0.1) is 5.92 Å². The van der Waals surface area contributed by atoms with Crippen LogP contribution in [0.2, 0.25) is 0 Å². The Morgan fingerprint density at radius 2 is 1.79 bits per heavy atom. The number of rotatable bonds is 6. The fourth-order valence-electron chi connectivity index (χ4n) is 3.57. The number of aryl methyl sites for hydroxylation is 2. The third kappa shape index (κ3) is 5.95. The number of allylic oxidation sites excluding steroid dienone is 1. The van der Waals surface area contributed by atoms with E-state index in [1.807, 2.05) is 26.0 Å². The van der Waals surface area contributed by atoms with Gasteiger partial charge >= 0.3 is 5.97 Å². The molecule has 0 heterocycles. The number of hydrogen-bond acceptors (Lipinski definition) is 3. The monoisotopic (exact) mass is 395 g/mol. The van der Waals surface area contributed by atoms with Gasteiger partial charge < -0.3 is 15.6 Å². The summed E-state index contributed by atoms with van der Waals surface area (Å²) in [5.74, 6) is -1.24. The summed E-state index contributed by atoms with van der Waals surface area (Å²) in [6.45, 7) is 5.64. The van der Waals surface area contributed by atoms with Crippen molar-refractivity contribution in [1.82, 2.24) is 0 Å². The SMILES string of the molecule is CC1=C(c2c(C)cccc2OCC(=O)O)C(C(N)=O)CC1.CCc1ccccc1. The molecule has 1 aliphatic carbocycles. The van der Waals surface area contributed by atoms with E-state index in [0.717, 1.165) is 35.1 Å². The van der Waals surface area contributed by atoms with Gasteiger partial charge in [0, 0.05) is 5.56 Å². The first-order chi connectivity index (χ1) is 13.8. The molecule has 1 unspecified atom stereocenters. The molecule has 0 spiro atoms. The lowest BCUT2D eigenvalue weighted by atomic mass is 9.89. The number of hydrogen-bond donors (Lipinski definition) is 2. The predicted molar refractivity (Wildman–Crippen MR) is 115 cm³/mol. The lowest BCUT2D eigenvalue weighted by molar-refractivity contribution is -0.139. The summed E-state index contributed by atoms with van der Waals surface area (Å²) in [5, 5.41) is 8.78. The first-order valence-electron chi connectivity index (χ1n) is 9.82. The maximum absolute atomic E-state index is 11.7. The van der Waals surface area contributed by atoms with Crippen LogP contribution in [0.5, 0.6) is 5.75 Å². The second-order valence-electron chi connectivity index (χ2n) is 7.16. The molecule has 154 valence electrons. The van der Waals surface area contributed by atoms with Crippen molar-refractivity contribution < 1.29 is 19.4 Å². The van der Waals surface area contributed by atoms with E-state index in [1.165, 1.54) is 5.56 Å². The highest BCUT2D eigenvalue weighted by Crippen LogP contribution is 2.43. The predicted octanol–water partition coefficient (Wildman–Crippen LogP) is 4.38. The molecule has 2 aromatic rings. The fourth-order valence-corrected chi connectivity index (χ4v) is 3.57. The maximum Gasteiger partial charge on any atom is 0.341 e. The summed E-state index contributed by atoms with van der Waals surface area (Å²) >= 11 is 0. The Balaban J connectivity index is 0.000000313. The van der Waals surface area contributed by atoms with Gasteiger partial charge in [-0.25, -0.2) is 4.79 Å². The Kier molecular flexibility index (Phi) is 8.01. The quantitative estimate of drug-likeness (QED) is 0.760. The van der Waals surface area contributed by atoms with E-state index in [2.05, 4.69) is 31.2 Å². The molecule has 1 atom stereocenters. The Morgan fingerprint density at radius 3 is 2.34 bits per heavy atom. The molecule has 0 radical (unpaired) electrons. The van der Waals surface area contributed by atoms with Crippen LogP contribution >= 0.6 is 0 Å². The van der Waals surface area contributed by atoms with Crippen molar-refractivity contribution in [2.24, 2.45) is 11.7 Å². The summed E-state index contributed by atoms with van der Waals surface area (Å²) in [5.41, 5.74) is 10.7. The largest absolute Gasteiger partial charge is 0.481 e. The van der Waals surface area contributed by atoms with E-state index in [9.17, 15) is 9.59 Å². The van der Waals surface area contributed by atoms with Crippen molar-refractivity contribution >= 4 is 17.4 Å². The molecule has 3 N–H and O–H groups in total. The van der Waals surface area contributed by atoms with Gasteiger partial charge in [-0.2, -0.15) is 0 Å². The topological polar surface area (TPSA) is 89.6 Å². The summed E-state index contributed by atoms with van der Waals surface area (Å²) in [6, 6.07) is 15.9. The van der Waals surface area contributed by atoms with Gasteiger partial charge in [0.25, 0.3) is 0 Å². The highest BCUT2D eigenvalue weighted by atomic mass is 16.5. The van der Waals surface area contributed by atoms with Crippen LogP contribution in [-0.4, -0.2) is 23.6 Å². The van der Waals surface area contributed by atoms with Crippen LogP contribution in [0.3, 0.4) is 0 Å². The number of aliphatic carboxylic acids is 1. The Hall–Kier alpha value is -3.08. The van der Waals surface area contributed by atoms with Crippen LogP contribution in [0.15, 0.2) is 54.1 Å².